The van der Waals surface area contributed by atoms with Gasteiger partial charge in [0.15, 0.2) is 17.6 Å². The number of esters is 1. The van der Waals surface area contributed by atoms with Crippen LogP contribution in [0.4, 0.5) is 9.18 Å². The van der Waals surface area contributed by atoms with Gasteiger partial charge in [-0.05, 0) is 85.0 Å². The minimum Gasteiger partial charge on any atom is -0.508 e. The zero-order chi connectivity index (χ0) is 52.3. The summed E-state index contributed by atoms with van der Waals surface area (Å²) < 4.78 is 38.6. The fourth-order valence-electron chi connectivity index (χ4n) is 10.2. The Kier molecular flexibility index (Phi) is 14.0. The van der Waals surface area contributed by atoms with Gasteiger partial charge in [0, 0.05) is 60.1 Å². The Morgan fingerprint density at radius 1 is 1.01 bits per heavy atom. The van der Waals surface area contributed by atoms with E-state index in [4.69, 9.17) is 23.7 Å². The molecular weight excluding hydrogens is 992 g/mol. The van der Waals surface area contributed by atoms with Crippen molar-refractivity contribution in [1.29, 1.82) is 0 Å². The van der Waals surface area contributed by atoms with Crippen LogP contribution in [0.5, 0.6) is 11.5 Å². The molecule has 6 heterocycles. The second-order valence-electron chi connectivity index (χ2n) is 20.2. The highest BCUT2D eigenvalue weighted by atomic mass is 33.1. The van der Waals surface area contributed by atoms with Gasteiger partial charge in [-0.3, -0.25) is 14.5 Å². The Balaban J connectivity index is 0.806. The molecule has 3 aromatic carbocycles. The summed E-state index contributed by atoms with van der Waals surface area (Å²) in [5.74, 6) is -1.92. The molecule has 3 unspecified atom stereocenters. The molecule has 74 heavy (non-hydrogen) atoms. The number of halogens is 1. The lowest BCUT2D eigenvalue weighted by atomic mass is 9.82. The largest absolute Gasteiger partial charge is 0.508 e. The molecule has 0 bridgehead atoms. The minimum atomic E-state index is -1.63. The number of pyridine rings is 2. The van der Waals surface area contributed by atoms with Crippen LogP contribution in [-0.4, -0.2) is 102 Å². The number of aliphatic hydroxyl groups is 1. The van der Waals surface area contributed by atoms with Crippen LogP contribution in [0.2, 0.25) is 0 Å². The van der Waals surface area contributed by atoms with E-state index >= 15 is 4.39 Å². The molecular formula is C54H57FN6O11S2. The van der Waals surface area contributed by atoms with Crippen LogP contribution in [0.15, 0.2) is 57.8 Å². The number of aromatic hydroxyl groups is 2. The highest BCUT2D eigenvalue weighted by molar-refractivity contribution is 8.77. The quantitative estimate of drug-likeness (QED) is 0.0509. The van der Waals surface area contributed by atoms with E-state index in [0.717, 1.165) is 30.8 Å². The van der Waals surface area contributed by atoms with Crippen LogP contribution in [0.25, 0.3) is 44.7 Å². The smallest absolute Gasteiger partial charge is 0.407 e. The highest BCUT2D eigenvalue weighted by Crippen LogP contribution is 2.47. The van der Waals surface area contributed by atoms with Gasteiger partial charge < -0.3 is 49.3 Å². The molecule has 3 atom stereocenters. The van der Waals surface area contributed by atoms with Gasteiger partial charge >= 0.3 is 12.1 Å². The Morgan fingerprint density at radius 3 is 2.51 bits per heavy atom. The summed E-state index contributed by atoms with van der Waals surface area (Å²) in [4.78, 5) is 61.0. The molecule has 1 fully saturated rings. The zero-order valence-corrected chi connectivity index (χ0v) is 43.4. The van der Waals surface area contributed by atoms with Crippen molar-refractivity contribution >= 4 is 50.5 Å². The van der Waals surface area contributed by atoms with Crippen LogP contribution in [0.3, 0.4) is 0 Å². The predicted octanol–water partition coefficient (Wildman–Crippen LogP) is 8.34. The summed E-state index contributed by atoms with van der Waals surface area (Å²) in [6.07, 6.45) is -1.41. The number of aromatic nitrogens is 3. The molecule has 3 aliphatic heterocycles. The van der Waals surface area contributed by atoms with Crippen molar-refractivity contribution in [2.45, 2.75) is 102 Å². The fourth-order valence-corrected chi connectivity index (χ4v) is 12.5. The number of carbonyl (C=O) groups is 3. The second-order valence-corrected chi connectivity index (χ2v) is 23.6. The van der Waals surface area contributed by atoms with Gasteiger partial charge in [-0.25, -0.2) is 19.0 Å². The summed E-state index contributed by atoms with van der Waals surface area (Å²) in [6.45, 7) is 15.3. The molecule has 20 heteroatoms. The van der Waals surface area contributed by atoms with Crippen molar-refractivity contribution in [1.82, 2.24) is 30.2 Å². The number of rotatable bonds is 14. The standard InChI is InChI=1S/C54H57FN6O11S2/c1-26(2)32-17-34(42(63)20-41(32)62)49-43(30-9-7-29(8-10-30)22-60-13-15-69-16-14-60)47(59-72-49)50(65)56-21-27(3)73-74-54(5,6)25-71-53(68)58-38-12-11-31-28(4)37(55)19-39-44(31)45(38)35-23-61-40(46(35)57-39)18-33-36(51(61)66)24-70-52(67)48(33)64/h7-10,17-20,26-27,38,48,62-64H,11-16,21-25H2,1-6H3,(H,56,65)(H,58,68). The van der Waals surface area contributed by atoms with Crippen molar-refractivity contribution < 1.29 is 52.8 Å². The van der Waals surface area contributed by atoms with Crippen molar-refractivity contribution in [2.75, 3.05) is 39.5 Å². The number of ether oxygens (including phenoxy) is 3. The summed E-state index contributed by atoms with van der Waals surface area (Å²) in [5.41, 5.74) is 6.75. The molecule has 17 nitrogen and oxygen atoms in total. The number of nitrogens with one attached hydrogen (secondary N) is 2. The highest BCUT2D eigenvalue weighted by Gasteiger charge is 2.38. The monoisotopic (exact) mass is 1050 g/mol. The van der Waals surface area contributed by atoms with E-state index < -0.39 is 46.2 Å². The lowest BCUT2D eigenvalue weighted by molar-refractivity contribution is -0.157. The number of hydrogen-bond donors (Lipinski definition) is 5. The molecule has 0 spiro atoms. The van der Waals surface area contributed by atoms with Crippen molar-refractivity contribution in [2.24, 2.45) is 0 Å². The lowest BCUT2D eigenvalue weighted by Crippen LogP contribution is -2.35. The maximum Gasteiger partial charge on any atom is 0.407 e. The topological polar surface area (TPSA) is 228 Å². The predicted molar refractivity (Wildman–Crippen MR) is 277 cm³/mol. The van der Waals surface area contributed by atoms with Gasteiger partial charge in [0.05, 0.1) is 64.1 Å². The van der Waals surface area contributed by atoms with E-state index in [1.165, 1.54) is 38.3 Å². The molecule has 1 saturated heterocycles. The summed E-state index contributed by atoms with van der Waals surface area (Å²) in [5, 5.41) is 43.3. The number of alkyl carbamates (subject to hydrolysis) is 1. The molecule has 2 amide bonds. The number of phenolic OH excluding ortho intramolecular Hbond substituents is 2. The van der Waals surface area contributed by atoms with Crippen molar-refractivity contribution in [3.05, 3.63) is 115 Å². The first-order valence-electron chi connectivity index (χ1n) is 24.6. The molecule has 10 rings (SSSR count). The summed E-state index contributed by atoms with van der Waals surface area (Å²) in [7, 11) is 3.01. The number of morpholine rings is 1. The van der Waals surface area contributed by atoms with Crippen LogP contribution in [0.1, 0.15) is 114 Å². The Morgan fingerprint density at radius 2 is 1.77 bits per heavy atom. The van der Waals surface area contributed by atoms with Gasteiger partial charge in [0.1, 0.15) is 30.5 Å². The molecule has 0 radical (unpaired) electrons. The number of fused-ring (bicyclic) bond motifs is 5. The van der Waals surface area contributed by atoms with E-state index in [2.05, 4.69) is 20.7 Å². The number of nitrogens with zero attached hydrogens (tertiary/aromatic N) is 4. The van der Waals surface area contributed by atoms with Crippen LogP contribution in [-0.2, 0) is 45.1 Å². The maximum atomic E-state index is 15.4. The molecule has 388 valence electrons. The molecule has 6 aromatic rings. The second kappa shape index (κ2) is 20.3. The number of amides is 2. The third-order valence-corrected chi connectivity index (χ3v) is 17.9. The molecule has 5 N–H and O–H groups in total. The lowest BCUT2D eigenvalue weighted by Gasteiger charge is -2.30. The number of benzene rings is 3. The average Bonchev–Trinajstić information content (AvgIpc) is 3.98. The van der Waals surface area contributed by atoms with E-state index in [1.54, 1.807) is 19.1 Å². The fraction of sp³-hybridized carbons (Fsp3) is 0.407. The van der Waals surface area contributed by atoms with Crippen LogP contribution in [0, 0.1) is 12.7 Å². The van der Waals surface area contributed by atoms with E-state index in [1.807, 2.05) is 58.9 Å². The SMILES string of the molecule is Cc1c(F)cc2nc3c(c4c2c1CCC4NC(=O)OCC(C)(C)SSC(C)CNC(=O)c1noc(-c2cc(C(C)C)c(O)cc2O)c1-c1ccc(CN2CCOCC2)cc1)Cn1c-3cc2c(c1=O)COC(=O)C2O. The molecule has 0 saturated carbocycles. The minimum absolute atomic E-state index is 0.0293. The summed E-state index contributed by atoms with van der Waals surface area (Å²) in [6, 6.07) is 13.1. The average molecular weight is 1050 g/mol. The summed E-state index contributed by atoms with van der Waals surface area (Å²) >= 11 is 0. The number of carbonyl (C=O) groups excluding carboxylic acids is 3. The normalized spacial score (nSPS) is 17.7. The van der Waals surface area contributed by atoms with Gasteiger partial charge in [-0.1, -0.05) is 71.8 Å². The van der Waals surface area contributed by atoms with Crippen LogP contribution >= 0.6 is 21.6 Å². The molecule has 4 aliphatic rings. The maximum absolute atomic E-state index is 15.4. The Hall–Kier alpha value is -6.45. The third kappa shape index (κ3) is 9.73. The first kappa shape index (κ1) is 51.1. The van der Waals surface area contributed by atoms with Gasteiger partial charge in [0.2, 0.25) is 0 Å². The molecule has 3 aromatic heterocycles. The van der Waals surface area contributed by atoms with Gasteiger partial charge in [-0.2, -0.15) is 0 Å². The van der Waals surface area contributed by atoms with E-state index in [-0.39, 0.29) is 71.6 Å². The number of aryl methyl sites for hydroxylation is 1. The van der Waals surface area contributed by atoms with Crippen molar-refractivity contribution in [3.63, 3.8) is 0 Å². The number of aliphatic hydroxyl groups excluding tert-OH is 1. The Labute approximate surface area is 433 Å². The van der Waals surface area contributed by atoms with Gasteiger partial charge in [-0.15, -0.1) is 0 Å². The first-order chi connectivity index (χ1) is 35.4. The van der Waals surface area contributed by atoms with E-state index in [0.29, 0.717) is 87.3 Å². The van der Waals surface area contributed by atoms with E-state index in [9.17, 15) is 34.5 Å². The number of cyclic esters (lactones) is 1. The zero-order valence-electron chi connectivity index (χ0n) is 41.8. The van der Waals surface area contributed by atoms with Crippen LogP contribution < -0.4 is 16.2 Å². The number of hydrogen-bond acceptors (Lipinski definition) is 16. The first-order valence-corrected chi connectivity index (χ1v) is 26.9. The third-order valence-electron chi connectivity index (χ3n) is 14.1. The Bertz CT molecular complexity index is 3300. The van der Waals surface area contributed by atoms with Gasteiger partial charge in [0.25, 0.3) is 11.5 Å². The molecule has 1 aliphatic carbocycles. The number of phenols is 2. The van der Waals surface area contributed by atoms with Crippen molar-refractivity contribution in [3.8, 4) is 45.3 Å².